The van der Waals surface area contributed by atoms with E-state index in [1.807, 2.05) is 0 Å². The molecule has 0 bridgehead atoms. The highest BCUT2D eigenvalue weighted by atomic mass is 16.6. The van der Waals surface area contributed by atoms with Crippen LogP contribution in [0.1, 0.15) is 34.6 Å². The number of nitrogens with zero attached hydrogens (tertiary/aromatic N) is 4. The maximum Gasteiger partial charge on any atom is 0.413 e. The van der Waals surface area contributed by atoms with Gasteiger partial charge in [0.15, 0.2) is 0 Å². The molecular weight excluding hydrogens is 288 g/mol. The van der Waals surface area contributed by atoms with Gasteiger partial charge in [-0.2, -0.15) is 0 Å². The maximum absolute atomic E-state index is 12.4. The first kappa shape index (κ1) is 18.3. The lowest BCUT2D eigenvalue weighted by Crippen LogP contribution is -2.53. The second-order valence-corrected chi connectivity index (χ2v) is 6.51. The Morgan fingerprint density at radius 1 is 1.64 bits per heavy atom. The first-order valence-electron chi connectivity index (χ1n) is 7.10. The number of carbonyl (C=O) groups excluding carboxylic acids is 1. The average molecular weight is 312 g/mol. The summed E-state index contributed by atoms with van der Waals surface area (Å²) in [4.78, 5) is 16.4. The molecule has 1 aliphatic heterocycles. The fraction of sp³-hybridized carbons (Fsp3) is 0.786. The van der Waals surface area contributed by atoms with Crippen LogP contribution in [0.4, 0.5) is 4.79 Å². The molecule has 1 aliphatic rings. The molecule has 8 nitrogen and oxygen atoms in total. The monoisotopic (exact) mass is 312 g/mol. The summed E-state index contributed by atoms with van der Waals surface area (Å²) in [5.74, 6) is 0. The quantitative estimate of drug-likeness (QED) is 0.372. The number of rotatable bonds is 4. The highest BCUT2D eigenvalue weighted by molar-refractivity contribution is 5.70. The summed E-state index contributed by atoms with van der Waals surface area (Å²) in [5.41, 5.74) is 6.70. The normalized spacial score (nSPS) is 22.5. The molecule has 1 rings (SSSR count). The molecule has 1 N–H and O–H groups in total. The number of hydrogen-bond donors (Lipinski definition) is 1. The summed E-state index contributed by atoms with van der Waals surface area (Å²) in [5, 5.41) is 13.6. The average Bonchev–Trinajstić information content (AvgIpc) is 2.68. The Hall–Kier alpha value is -1.76. The number of hydrogen-bond acceptors (Lipinski definition) is 5. The second-order valence-electron chi connectivity index (χ2n) is 6.51. The first-order chi connectivity index (χ1) is 10.1. The third-order valence-electron chi connectivity index (χ3n) is 3.09. The fourth-order valence-corrected chi connectivity index (χ4v) is 2.16. The molecule has 0 radical (unpaired) electrons. The van der Waals surface area contributed by atoms with Gasteiger partial charge in [0.25, 0.3) is 0 Å². The van der Waals surface area contributed by atoms with Crippen molar-refractivity contribution in [1.29, 1.82) is 0 Å². The summed E-state index contributed by atoms with van der Waals surface area (Å²) in [7, 11) is 0. The summed E-state index contributed by atoms with van der Waals surface area (Å²) >= 11 is 0. The van der Waals surface area contributed by atoms with Gasteiger partial charge in [0.2, 0.25) is 0 Å². The third kappa shape index (κ3) is 4.91. The molecular formula is C14H24N4O4. The van der Waals surface area contributed by atoms with Crippen LogP contribution in [0.15, 0.2) is 17.3 Å². The predicted molar refractivity (Wildman–Crippen MR) is 81.1 cm³/mol. The van der Waals surface area contributed by atoms with Crippen LogP contribution in [-0.4, -0.2) is 52.7 Å². The Kier molecular flexibility index (Phi) is 5.82. The largest absolute Gasteiger partial charge is 0.444 e. The topological polar surface area (TPSA) is 108 Å². The summed E-state index contributed by atoms with van der Waals surface area (Å²) < 4.78 is 11.0. The molecule has 22 heavy (non-hydrogen) atoms. The first-order valence-corrected chi connectivity index (χ1v) is 7.10. The van der Waals surface area contributed by atoms with Crippen LogP contribution >= 0.6 is 0 Å². The second kappa shape index (κ2) is 7.00. The molecule has 0 aromatic carbocycles. The minimum absolute atomic E-state index is 0.136. The SMILES string of the molecule is CC(C)(C)OC(=O)N1[C@H]([C@H](O)/C=C/CN=[N+]=[N-])COC1(C)C. The van der Waals surface area contributed by atoms with Gasteiger partial charge in [-0.3, -0.25) is 4.90 Å². The number of aliphatic hydroxyl groups excluding tert-OH is 1. The zero-order chi connectivity index (χ0) is 17.0. The van der Waals surface area contributed by atoms with Crippen LogP contribution in [0.5, 0.6) is 0 Å². The fourth-order valence-electron chi connectivity index (χ4n) is 2.16. The molecule has 124 valence electrons. The van der Waals surface area contributed by atoms with Gasteiger partial charge in [-0.1, -0.05) is 17.3 Å². The van der Waals surface area contributed by atoms with Gasteiger partial charge in [-0.05, 0) is 40.1 Å². The van der Waals surface area contributed by atoms with E-state index in [0.29, 0.717) is 0 Å². The van der Waals surface area contributed by atoms with Gasteiger partial charge in [-0.15, -0.1) is 0 Å². The van der Waals surface area contributed by atoms with E-state index in [1.165, 1.54) is 11.0 Å². The van der Waals surface area contributed by atoms with E-state index in [9.17, 15) is 9.90 Å². The van der Waals surface area contributed by atoms with Crippen molar-refractivity contribution < 1.29 is 19.4 Å². The smallest absolute Gasteiger partial charge is 0.413 e. The van der Waals surface area contributed by atoms with E-state index in [2.05, 4.69) is 10.0 Å². The van der Waals surface area contributed by atoms with Crippen molar-refractivity contribution in [3.8, 4) is 0 Å². The van der Waals surface area contributed by atoms with Crippen molar-refractivity contribution in [1.82, 2.24) is 4.90 Å². The van der Waals surface area contributed by atoms with Crippen LogP contribution in [0, 0.1) is 0 Å². The molecule has 0 spiro atoms. The summed E-state index contributed by atoms with van der Waals surface area (Å²) in [6.45, 7) is 9.15. The van der Waals surface area contributed by atoms with E-state index < -0.39 is 29.6 Å². The Morgan fingerprint density at radius 3 is 2.82 bits per heavy atom. The van der Waals surface area contributed by atoms with E-state index in [-0.39, 0.29) is 13.2 Å². The van der Waals surface area contributed by atoms with Crippen LogP contribution in [0.3, 0.4) is 0 Å². The van der Waals surface area contributed by atoms with Crippen LogP contribution in [0.2, 0.25) is 0 Å². The zero-order valence-corrected chi connectivity index (χ0v) is 13.7. The number of azide groups is 1. The summed E-state index contributed by atoms with van der Waals surface area (Å²) in [6.07, 6.45) is 1.55. The Morgan fingerprint density at radius 2 is 2.27 bits per heavy atom. The summed E-state index contributed by atoms with van der Waals surface area (Å²) in [6, 6.07) is -0.563. The van der Waals surface area contributed by atoms with E-state index in [0.717, 1.165) is 0 Å². The van der Waals surface area contributed by atoms with Crippen molar-refractivity contribution in [3.05, 3.63) is 22.6 Å². The molecule has 0 aromatic rings. The highest BCUT2D eigenvalue weighted by Gasteiger charge is 2.47. The van der Waals surface area contributed by atoms with Crippen molar-refractivity contribution in [2.45, 2.75) is 58.1 Å². The lowest BCUT2D eigenvalue weighted by atomic mass is 10.1. The van der Waals surface area contributed by atoms with E-state index >= 15 is 0 Å². The maximum atomic E-state index is 12.4. The molecule has 1 heterocycles. The Labute approximate surface area is 130 Å². The molecule has 1 saturated heterocycles. The number of ether oxygens (including phenoxy) is 2. The van der Waals surface area contributed by atoms with Crippen LogP contribution in [0.25, 0.3) is 10.4 Å². The molecule has 0 saturated carbocycles. The molecule has 0 aromatic heterocycles. The standard InChI is InChI=1S/C14H24N4O4/c1-13(2,3)22-12(20)18-10(9-21-14(18,4)5)11(19)7-6-8-16-17-15/h6-7,10-11,19H,8-9H2,1-5H3/b7-6+/t10-,11+/m0/s1. The molecule has 1 amide bonds. The predicted octanol–water partition coefficient (Wildman–Crippen LogP) is 2.59. The van der Waals surface area contributed by atoms with E-state index in [1.54, 1.807) is 40.7 Å². The van der Waals surface area contributed by atoms with Gasteiger partial charge in [0, 0.05) is 11.5 Å². The highest BCUT2D eigenvalue weighted by Crippen LogP contribution is 2.31. The minimum Gasteiger partial charge on any atom is -0.444 e. The van der Waals surface area contributed by atoms with Gasteiger partial charge in [0.05, 0.1) is 18.8 Å². The van der Waals surface area contributed by atoms with Crippen molar-refractivity contribution in [2.75, 3.05) is 13.2 Å². The van der Waals surface area contributed by atoms with Gasteiger partial charge >= 0.3 is 6.09 Å². The molecule has 2 atom stereocenters. The molecule has 8 heteroatoms. The Bertz CT molecular complexity index is 478. The lowest BCUT2D eigenvalue weighted by molar-refractivity contribution is -0.0660. The molecule has 0 aliphatic carbocycles. The van der Waals surface area contributed by atoms with Gasteiger partial charge in [-0.25, -0.2) is 4.79 Å². The van der Waals surface area contributed by atoms with Crippen molar-refractivity contribution in [3.63, 3.8) is 0 Å². The molecule has 1 fully saturated rings. The zero-order valence-electron chi connectivity index (χ0n) is 13.7. The molecule has 0 unspecified atom stereocenters. The van der Waals surface area contributed by atoms with E-state index in [4.69, 9.17) is 15.0 Å². The van der Waals surface area contributed by atoms with Crippen molar-refractivity contribution >= 4 is 6.09 Å². The van der Waals surface area contributed by atoms with Crippen molar-refractivity contribution in [2.24, 2.45) is 5.11 Å². The van der Waals surface area contributed by atoms with Crippen LogP contribution in [-0.2, 0) is 9.47 Å². The third-order valence-corrected chi connectivity index (χ3v) is 3.09. The number of carbonyl (C=O) groups is 1. The van der Waals surface area contributed by atoms with Gasteiger partial charge in [0.1, 0.15) is 11.3 Å². The van der Waals surface area contributed by atoms with Crippen LogP contribution < -0.4 is 0 Å². The Balaban J connectivity index is 2.86. The number of aliphatic hydroxyl groups is 1. The lowest BCUT2D eigenvalue weighted by Gasteiger charge is -2.36. The minimum atomic E-state index is -0.941. The number of amides is 1. The van der Waals surface area contributed by atoms with Gasteiger partial charge < -0.3 is 14.6 Å².